The normalized spacial score (nSPS) is 13.1. The summed E-state index contributed by atoms with van der Waals surface area (Å²) in [4.78, 5) is 26.0. The Morgan fingerprint density at radius 2 is 1.72 bits per heavy atom. The number of nitrogens with one attached hydrogen (secondary N) is 1. The number of hydrogen-bond acceptors (Lipinski definition) is 10. The number of ether oxygens (including phenoxy) is 4. The molecule has 0 amide bonds. The summed E-state index contributed by atoms with van der Waals surface area (Å²) >= 11 is 0. The van der Waals surface area contributed by atoms with Crippen molar-refractivity contribution in [2.45, 2.75) is 6.42 Å². The third-order valence-corrected chi connectivity index (χ3v) is 4.52. The zero-order chi connectivity index (χ0) is 21.3. The van der Waals surface area contributed by atoms with Crippen molar-refractivity contribution in [3.63, 3.8) is 0 Å². The van der Waals surface area contributed by atoms with Gasteiger partial charge in [0.25, 0.3) is 0 Å². The van der Waals surface area contributed by atoms with Gasteiger partial charge >= 0.3 is 0 Å². The van der Waals surface area contributed by atoms with Crippen LogP contribution in [0.3, 0.4) is 0 Å². The quantitative estimate of drug-likeness (QED) is 0.357. The lowest BCUT2D eigenvalue weighted by molar-refractivity contribution is 0.0951. The number of allylic oxidation sites excluding steroid dienone is 1. The minimum absolute atomic E-state index is 0.0339. The number of Topliss-reactive ketones (excluding diaryl/α,β-unsaturated/α-hetero) is 1. The first-order valence-corrected chi connectivity index (χ1v) is 8.39. The van der Waals surface area contributed by atoms with Gasteiger partial charge in [0.1, 0.15) is 5.76 Å². The smallest absolute Gasteiger partial charge is 0.219 e. The molecule has 4 N–H and O–H groups in total. The first-order valence-electron chi connectivity index (χ1n) is 8.39. The third-order valence-electron chi connectivity index (χ3n) is 4.52. The van der Waals surface area contributed by atoms with Crippen molar-refractivity contribution in [2.24, 2.45) is 5.84 Å². The largest absolute Gasteiger partial charge is 0.502 e. The lowest BCUT2D eigenvalue weighted by Gasteiger charge is -2.15. The van der Waals surface area contributed by atoms with Gasteiger partial charge in [-0.1, -0.05) is 0 Å². The van der Waals surface area contributed by atoms with Gasteiger partial charge in [-0.15, -0.1) is 0 Å². The molecule has 0 saturated carbocycles. The van der Waals surface area contributed by atoms with Gasteiger partial charge in [0.05, 0.1) is 46.0 Å². The molecular weight excluding hydrogens is 384 g/mol. The number of nitrogens with two attached hydrogens (primary N) is 1. The highest BCUT2D eigenvalue weighted by Gasteiger charge is 2.37. The van der Waals surface area contributed by atoms with Crippen molar-refractivity contribution < 1.29 is 38.1 Å². The maximum atomic E-state index is 13.3. The van der Waals surface area contributed by atoms with E-state index in [1.165, 1.54) is 40.6 Å². The fourth-order valence-electron chi connectivity index (χ4n) is 3.15. The number of ketones is 2. The SMILES string of the molecule is COC1=C(O)c2oc(NN)c(C(=O)c3cc(OC)c(OC)c(OC)c3)c2C(=O)C1. The highest BCUT2D eigenvalue weighted by atomic mass is 16.5. The van der Waals surface area contributed by atoms with Crippen LogP contribution in [0.1, 0.15) is 38.5 Å². The Labute approximate surface area is 165 Å². The first-order chi connectivity index (χ1) is 13.9. The van der Waals surface area contributed by atoms with Gasteiger partial charge in [0.15, 0.2) is 34.6 Å². The molecule has 1 aliphatic carbocycles. The Hall–Kier alpha value is -3.66. The van der Waals surface area contributed by atoms with Gasteiger partial charge in [-0.3, -0.25) is 15.0 Å². The number of furan rings is 1. The van der Waals surface area contributed by atoms with Crippen molar-refractivity contribution >= 4 is 23.2 Å². The molecule has 0 bridgehead atoms. The number of carbonyl (C=O) groups excluding carboxylic acids is 2. The highest BCUT2D eigenvalue weighted by Crippen LogP contribution is 2.42. The monoisotopic (exact) mass is 404 g/mol. The number of methoxy groups -OCH3 is 4. The van der Waals surface area contributed by atoms with Crippen LogP contribution in [0.2, 0.25) is 0 Å². The molecule has 10 nitrogen and oxygen atoms in total. The Balaban J connectivity index is 2.22. The lowest BCUT2D eigenvalue weighted by atomic mass is 9.92. The molecule has 0 aliphatic heterocycles. The molecule has 29 heavy (non-hydrogen) atoms. The summed E-state index contributed by atoms with van der Waals surface area (Å²) in [6.07, 6.45) is -0.228. The summed E-state index contributed by atoms with van der Waals surface area (Å²) in [5.41, 5.74) is 2.18. The molecule has 0 atom stereocenters. The molecule has 0 radical (unpaired) electrons. The number of aliphatic hydroxyl groups excluding tert-OH is 1. The van der Waals surface area contributed by atoms with Crippen LogP contribution in [0.4, 0.5) is 5.88 Å². The van der Waals surface area contributed by atoms with E-state index in [-0.39, 0.29) is 57.8 Å². The molecule has 0 fully saturated rings. The second-order valence-electron chi connectivity index (χ2n) is 5.97. The van der Waals surface area contributed by atoms with Crippen LogP contribution in [0.15, 0.2) is 22.3 Å². The molecule has 0 unspecified atom stereocenters. The average Bonchev–Trinajstić information content (AvgIpc) is 3.14. The van der Waals surface area contributed by atoms with Crippen LogP contribution in [0.25, 0.3) is 5.76 Å². The van der Waals surface area contributed by atoms with E-state index in [4.69, 9.17) is 29.2 Å². The number of hydrogen-bond donors (Lipinski definition) is 3. The lowest BCUT2D eigenvalue weighted by Crippen LogP contribution is -2.17. The summed E-state index contributed by atoms with van der Waals surface area (Å²) in [6, 6.07) is 2.87. The van der Waals surface area contributed by atoms with Crippen molar-refractivity contribution in [1.29, 1.82) is 0 Å². The van der Waals surface area contributed by atoms with E-state index >= 15 is 0 Å². The fraction of sp³-hybridized carbons (Fsp3) is 0.263. The van der Waals surface area contributed by atoms with Gasteiger partial charge in [0, 0.05) is 5.56 Å². The maximum absolute atomic E-state index is 13.3. The molecule has 3 rings (SSSR count). The Morgan fingerprint density at radius 3 is 2.21 bits per heavy atom. The Kier molecular flexibility index (Phi) is 5.37. The molecule has 1 aromatic heterocycles. The minimum Gasteiger partial charge on any atom is -0.502 e. The van der Waals surface area contributed by atoms with E-state index < -0.39 is 11.6 Å². The molecule has 2 aromatic rings. The van der Waals surface area contributed by atoms with E-state index in [0.29, 0.717) is 5.75 Å². The number of benzene rings is 1. The van der Waals surface area contributed by atoms with Crippen LogP contribution in [0, 0.1) is 0 Å². The van der Waals surface area contributed by atoms with Crippen LogP contribution >= 0.6 is 0 Å². The van der Waals surface area contributed by atoms with Crippen molar-refractivity contribution in [1.82, 2.24) is 0 Å². The number of hydrazine groups is 1. The van der Waals surface area contributed by atoms with Crippen molar-refractivity contribution in [2.75, 3.05) is 33.9 Å². The number of aliphatic hydroxyl groups is 1. The van der Waals surface area contributed by atoms with Crippen LogP contribution < -0.4 is 25.5 Å². The molecule has 10 heteroatoms. The molecule has 0 spiro atoms. The van der Waals surface area contributed by atoms with Crippen LogP contribution in [0.5, 0.6) is 17.2 Å². The van der Waals surface area contributed by atoms with Gasteiger partial charge < -0.3 is 28.5 Å². The zero-order valence-electron chi connectivity index (χ0n) is 16.2. The second-order valence-corrected chi connectivity index (χ2v) is 5.97. The number of fused-ring (bicyclic) bond motifs is 1. The zero-order valence-corrected chi connectivity index (χ0v) is 16.2. The summed E-state index contributed by atoms with van der Waals surface area (Å²) in [5.74, 6) is 4.54. The fourth-order valence-corrected chi connectivity index (χ4v) is 3.15. The van der Waals surface area contributed by atoms with E-state index in [0.717, 1.165) is 0 Å². The van der Waals surface area contributed by atoms with E-state index in [1.54, 1.807) is 0 Å². The molecule has 1 heterocycles. The molecular formula is C19H20N2O8. The van der Waals surface area contributed by atoms with Crippen molar-refractivity contribution in [3.8, 4) is 17.2 Å². The first kappa shape index (κ1) is 20.1. The number of rotatable bonds is 7. The number of nitrogen functional groups attached to an aromatic ring is 1. The van der Waals surface area contributed by atoms with Crippen LogP contribution in [-0.4, -0.2) is 45.1 Å². The van der Waals surface area contributed by atoms with Gasteiger partial charge in [-0.25, -0.2) is 5.84 Å². The second kappa shape index (κ2) is 7.76. The van der Waals surface area contributed by atoms with E-state index in [9.17, 15) is 14.7 Å². The Morgan fingerprint density at radius 1 is 1.10 bits per heavy atom. The summed E-state index contributed by atoms with van der Waals surface area (Å²) in [6.45, 7) is 0. The van der Waals surface area contributed by atoms with Crippen LogP contribution in [-0.2, 0) is 4.74 Å². The van der Waals surface area contributed by atoms with Gasteiger partial charge in [0.2, 0.25) is 11.6 Å². The van der Waals surface area contributed by atoms with Gasteiger partial charge in [-0.05, 0) is 12.1 Å². The summed E-state index contributed by atoms with van der Waals surface area (Å²) in [7, 11) is 5.58. The topological polar surface area (TPSA) is 142 Å². The van der Waals surface area contributed by atoms with Crippen molar-refractivity contribution in [3.05, 3.63) is 40.3 Å². The van der Waals surface area contributed by atoms with Gasteiger partial charge in [-0.2, -0.15) is 0 Å². The molecule has 1 aromatic carbocycles. The standard InChI is InChI=1S/C19H20N2O8/c1-25-10-7-9(22)13-14(19(21-20)29-18(13)16(10)24)15(23)8-5-11(26-2)17(28-4)12(6-8)27-3/h5-6,21,24H,7,20H2,1-4H3. The predicted octanol–water partition coefficient (Wildman–Crippen LogP) is 2.28. The molecule has 0 saturated heterocycles. The van der Waals surface area contributed by atoms with E-state index in [1.807, 2.05) is 0 Å². The van der Waals surface area contributed by atoms with E-state index in [2.05, 4.69) is 5.43 Å². The third kappa shape index (κ3) is 3.13. The summed E-state index contributed by atoms with van der Waals surface area (Å²) in [5, 5.41) is 10.3. The highest BCUT2D eigenvalue weighted by molar-refractivity contribution is 6.20. The maximum Gasteiger partial charge on any atom is 0.219 e. The summed E-state index contributed by atoms with van der Waals surface area (Å²) < 4.78 is 26.3. The molecule has 154 valence electrons. The predicted molar refractivity (Wildman–Crippen MR) is 102 cm³/mol. The number of carbonyl (C=O) groups is 2. The molecule has 1 aliphatic rings. The minimum atomic E-state index is -0.593. The average molecular weight is 404 g/mol. The Bertz CT molecular complexity index is 996. The number of anilines is 1.